The Balaban J connectivity index is 1.85. The molecular formula is C14H17IN4. The van der Waals surface area contributed by atoms with Gasteiger partial charge in [0.15, 0.2) is 0 Å². The lowest BCUT2D eigenvalue weighted by atomic mass is 10.1. The van der Waals surface area contributed by atoms with Crippen LogP contribution in [0.15, 0.2) is 30.6 Å². The predicted molar refractivity (Wildman–Crippen MR) is 83.8 cm³/mol. The summed E-state index contributed by atoms with van der Waals surface area (Å²) < 4.78 is 1.20. The molecule has 0 aliphatic heterocycles. The number of pyridine rings is 1. The molecule has 1 N–H and O–H groups in total. The fourth-order valence-corrected chi connectivity index (χ4v) is 2.07. The van der Waals surface area contributed by atoms with Crippen LogP contribution < -0.4 is 5.32 Å². The topological polar surface area (TPSA) is 50.7 Å². The molecule has 5 heteroatoms. The molecule has 0 aliphatic rings. The smallest absolute Gasteiger partial charge is 0.132 e. The summed E-state index contributed by atoms with van der Waals surface area (Å²) in [5.74, 6) is 1.17. The van der Waals surface area contributed by atoms with Crippen molar-refractivity contribution in [2.45, 2.75) is 26.3 Å². The van der Waals surface area contributed by atoms with Gasteiger partial charge in [0.1, 0.15) is 5.82 Å². The van der Waals surface area contributed by atoms with Crippen molar-refractivity contribution >= 4 is 22.6 Å². The molecule has 2 rings (SSSR count). The van der Waals surface area contributed by atoms with Crippen molar-refractivity contribution in [2.75, 3.05) is 6.54 Å². The van der Waals surface area contributed by atoms with E-state index in [4.69, 9.17) is 0 Å². The standard InChI is InChI=1S/C14H17IN4/c1-10(14-17-6-3-7-18-14)8-16-9-12-4-5-13(15)11(2)19-12/h3-7,10,16H,8-9H2,1-2H3/t10-/m0/s1. The van der Waals surface area contributed by atoms with Crippen LogP contribution in [0, 0.1) is 10.5 Å². The summed E-state index contributed by atoms with van der Waals surface area (Å²) in [6.45, 7) is 5.77. The Morgan fingerprint density at radius 1 is 1.26 bits per heavy atom. The molecule has 0 saturated carbocycles. The highest BCUT2D eigenvalue weighted by Crippen LogP contribution is 2.10. The van der Waals surface area contributed by atoms with Gasteiger partial charge in [-0.1, -0.05) is 6.92 Å². The number of rotatable bonds is 5. The number of aromatic nitrogens is 3. The van der Waals surface area contributed by atoms with Crippen LogP contribution in [0.2, 0.25) is 0 Å². The first-order chi connectivity index (χ1) is 9.16. The lowest BCUT2D eigenvalue weighted by molar-refractivity contribution is 0.585. The van der Waals surface area contributed by atoms with Crippen molar-refractivity contribution < 1.29 is 0 Å². The highest BCUT2D eigenvalue weighted by molar-refractivity contribution is 14.1. The zero-order chi connectivity index (χ0) is 13.7. The van der Waals surface area contributed by atoms with Gasteiger partial charge < -0.3 is 5.32 Å². The Bertz CT molecular complexity index is 530. The first-order valence-corrected chi connectivity index (χ1v) is 7.34. The average molecular weight is 368 g/mol. The lowest BCUT2D eigenvalue weighted by Crippen LogP contribution is -2.21. The molecule has 2 aromatic rings. The van der Waals surface area contributed by atoms with Gasteiger partial charge in [-0.15, -0.1) is 0 Å². The van der Waals surface area contributed by atoms with Crippen LogP contribution in [0.1, 0.15) is 30.1 Å². The van der Waals surface area contributed by atoms with Gasteiger partial charge in [-0.25, -0.2) is 9.97 Å². The largest absolute Gasteiger partial charge is 0.310 e. The van der Waals surface area contributed by atoms with Gasteiger partial charge in [0.25, 0.3) is 0 Å². The molecule has 0 unspecified atom stereocenters. The van der Waals surface area contributed by atoms with Crippen LogP contribution in [0.5, 0.6) is 0 Å². The molecule has 0 spiro atoms. The Morgan fingerprint density at radius 3 is 2.68 bits per heavy atom. The van der Waals surface area contributed by atoms with E-state index in [1.54, 1.807) is 12.4 Å². The summed E-state index contributed by atoms with van der Waals surface area (Å²) in [4.78, 5) is 13.1. The van der Waals surface area contributed by atoms with Gasteiger partial charge in [0.2, 0.25) is 0 Å². The third kappa shape index (κ3) is 4.21. The van der Waals surface area contributed by atoms with Crippen molar-refractivity contribution in [1.29, 1.82) is 0 Å². The summed E-state index contributed by atoms with van der Waals surface area (Å²) in [6, 6.07) is 6.00. The van der Waals surface area contributed by atoms with Crippen molar-refractivity contribution in [2.24, 2.45) is 0 Å². The van der Waals surface area contributed by atoms with Crippen molar-refractivity contribution in [3.05, 3.63) is 51.4 Å². The van der Waals surface area contributed by atoms with E-state index < -0.39 is 0 Å². The summed E-state index contributed by atoms with van der Waals surface area (Å²) in [6.07, 6.45) is 3.56. The number of nitrogens with zero attached hydrogens (tertiary/aromatic N) is 3. The summed E-state index contributed by atoms with van der Waals surface area (Å²) in [7, 11) is 0. The molecule has 0 saturated heterocycles. The Morgan fingerprint density at radius 2 is 2.00 bits per heavy atom. The minimum atomic E-state index is 0.297. The van der Waals surface area contributed by atoms with Gasteiger partial charge >= 0.3 is 0 Å². The highest BCUT2D eigenvalue weighted by atomic mass is 127. The summed E-state index contributed by atoms with van der Waals surface area (Å²) in [5, 5.41) is 3.40. The molecular weight excluding hydrogens is 351 g/mol. The molecule has 0 aromatic carbocycles. The van der Waals surface area contributed by atoms with Crippen LogP contribution in [0.4, 0.5) is 0 Å². The van der Waals surface area contributed by atoms with Crippen molar-refractivity contribution in [1.82, 2.24) is 20.3 Å². The predicted octanol–water partition coefficient (Wildman–Crippen LogP) is 2.68. The molecule has 0 aliphatic carbocycles. The minimum Gasteiger partial charge on any atom is -0.310 e. The third-order valence-corrected chi connectivity index (χ3v) is 4.00. The quantitative estimate of drug-likeness (QED) is 0.825. The van der Waals surface area contributed by atoms with Gasteiger partial charge in [-0.2, -0.15) is 0 Å². The Hall–Kier alpha value is -1.08. The number of hydrogen-bond acceptors (Lipinski definition) is 4. The van der Waals surface area contributed by atoms with Crippen molar-refractivity contribution in [3.8, 4) is 0 Å². The highest BCUT2D eigenvalue weighted by Gasteiger charge is 2.07. The molecule has 0 bridgehead atoms. The monoisotopic (exact) mass is 368 g/mol. The second-order valence-corrected chi connectivity index (χ2v) is 5.67. The fraction of sp³-hybridized carbons (Fsp3) is 0.357. The molecule has 1 atom stereocenters. The average Bonchev–Trinajstić information content (AvgIpc) is 2.43. The van der Waals surface area contributed by atoms with E-state index >= 15 is 0 Å². The van der Waals surface area contributed by atoms with E-state index in [-0.39, 0.29) is 0 Å². The van der Waals surface area contributed by atoms with Crippen LogP contribution in [-0.2, 0) is 6.54 Å². The van der Waals surface area contributed by atoms with Crippen LogP contribution in [0.3, 0.4) is 0 Å². The maximum atomic E-state index is 4.54. The zero-order valence-corrected chi connectivity index (χ0v) is 13.3. The molecule has 2 aromatic heterocycles. The van der Waals surface area contributed by atoms with E-state index in [9.17, 15) is 0 Å². The number of nitrogens with one attached hydrogen (secondary N) is 1. The number of aryl methyl sites for hydroxylation is 1. The van der Waals surface area contributed by atoms with E-state index in [2.05, 4.69) is 61.9 Å². The molecule has 2 heterocycles. The molecule has 0 amide bonds. The van der Waals surface area contributed by atoms with E-state index in [1.165, 1.54) is 3.57 Å². The molecule has 4 nitrogen and oxygen atoms in total. The summed E-state index contributed by atoms with van der Waals surface area (Å²) >= 11 is 2.30. The van der Waals surface area contributed by atoms with Gasteiger partial charge in [-0.3, -0.25) is 4.98 Å². The van der Waals surface area contributed by atoms with E-state index in [1.807, 2.05) is 13.0 Å². The Labute approximate surface area is 127 Å². The van der Waals surface area contributed by atoms with Crippen molar-refractivity contribution in [3.63, 3.8) is 0 Å². The zero-order valence-electron chi connectivity index (χ0n) is 11.1. The van der Waals surface area contributed by atoms with Gasteiger partial charge in [0, 0.05) is 35.0 Å². The lowest BCUT2D eigenvalue weighted by Gasteiger charge is -2.11. The molecule has 0 fully saturated rings. The normalized spacial score (nSPS) is 12.4. The number of halogens is 1. The maximum absolute atomic E-state index is 4.54. The molecule has 100 valence electrons. The van der Waals surface area contributed by atoms with Crippen LogP contribution >= 0.6 is 22.6 Å². The Kier molecular flexibility index (Phi) is 5.21. The maximum Gasteiger partial charge on any atom is 0.132 e. The van der Waals surface area contributed by atoms with Crippen LogP contribution in [0.25, 0.3) is 0 Å². The third-order valence-electron chi connectivity index (χ3n) is 2.86. The van der Waals surface area contributed by atoms with Gasteiger partial charge in [-0.05, 0) is 47.7 Å². The van der Waals surface area contributed by atoms with Gasteiger partial charge in [0.05, 0.1) is 11.4 Å². The molecule has 0 radical (unpaired) electrons. The molecule has 19 heavy (non-hydrogen) atoms. The fourth-order valence-electron chi connectivity index (χ4n) is 1.77. The number of hydrogen-bond donors (Lipinski definition) is 1. The minimum absolute atomic E-state index is 0.297. The first-order valence-electron chi connectivity index (χ1n) is 6.26. The second kappa shape index (κ2) is 6.91. The first kappa shape index (κ1) is 14.3. The second-order valence-electron chi connectivity index (χ2n) is 4.51. The van der Waals surface area contributed by atoms with Crippen LogP contribution in [-0.4, -0.2) is 21.5 Å². The van der Waals surface area contributed by atoms with E-state index in [0.29, 0.717) is 5.92 Å². The van der Waals surface area contributed by atoms with E-state index in [0.717, 1.165) is 30.3 Å². The SMILES string of the molecule is Cc1nc(CNC[C@H](C)c2ncccn2)ccc1I. The summed E-state index contributed by atoms with van der Waals surface area (Å²) in [5.41, 5.74) is 2.15.